The first-order chi connectivity index (χ1) is 17.1. The number of hydrogen-bond donors (Lipinski definition) is 2. The largest absolute Gasteiger partial charge is 0.491 e. The summed E-state index contributed by atoms with van der Waals surface area (Å²) >= 11 is 1.84. The number of hydrogen-bond acceptors (Lipinski definition) is 6. The van der Waals surface area contributed by atoms with Crippen LogP contribution in [-0.2, 0) is 11.3 Å². The normalized spacial score (nSPS) is 16.6. The number of rotatable bonds is 5. The zero-order valence-electron chi connectivity index (χ0n) is 21.7. The van der Waals surface area contributed by atoms with Crippen molar-refractivity contribution in [2.75, 3.05) is 19.7 Å². The molecule has 4 rings (SSSR count). The Labute approximate surface area is 217 Å². The second-order valence-electron chi connectivity index (χ2n) is 10.3. The monoisotopic (exact) mass is 512 g/mol. The van der Waals surface area contributed by atoms with Crippen molar-refractivity contribution < 1.29 is 14.3 Å². The first kappa shape index (κ1) is 26.1. The van der Waals surface area contributed by atoms with Gasteiger partial charge in [0.05, 0.1) is 12.1 Å². The average molecular weight is 513 g/mol. The standard InChI is InChI=1S/C26H36N6O3S/c1-17(2)29-23(28-16-27)21-15-32-12-13-34-22-7-6-19(14-20(22)24(32)30-21)36-18-8-10-31(11-9-18)25(33)35-26(3,4)5/h6-7,14-18H,8-13H2,1-5H3,(H2,27,28,29). The molecule has 3 heterocycles. The SMILES string of the molecule is CC(C)N/C(=N\C=N)c1cn2c(n1)-c1cc(SC3CCN(C(=O)OC(C)(C)C)CC3)ccc1OCC2. The van der Waals surface area contributed by atoms with Gasteiger partial charge in [0.1, 0.15) is 35.8 Å². The average Bonchev–Trinajstić information content (AvgIpc) is 3.15. The number of carbonyl (C=O) groups excluding carboxylic acids is 1. The topological polar surface area (TPSA) is 105 Å². The molecule has 0 unspecified atom stereocenters. The number of piperidine rings is 1. The molecule has 1 fully saturated rings. The Morgan fingerprint density at radius 2 is 2.06 bits per heavy atom. The van der Waals surface area contributed by atoms with Gasteiger partial charge in [-0.25, -0.2) is 14.8 Å². The molecule has 36 heavy (non-hydrogen) atoms. The molecule has 1 amide bonds. The van der Waals surface area contributed by atoms with Crippen LogP contribution < -0.4 is 10.1 Å². The van der Waals surface area contributed by atoms with Gasteiger partial charge in [0.15, 0.2) is 5.84 Å². The maximum atomic E-state index is 12.4. The molecule has 1 aromatic heterocycles. The van der Waals surface area contributed by atoms with E-state index < -0.39 is 5.60 Å². The summed E-state index contributed by atoms with van der Waals surface area (Å²) in [5, 5.41) is 11.1. The Morgan fingerprint density at radius 3 is 2.72 bits per heavy atom. The van der Waals surface area contributed by atoms with Gasteiger partial charge in [0.25, 0.3) is 0 Å². The predicted molar refractivity (Wildman–Crippen MR) is 143 cm³/mol. The van der Waals surface area contributed by atoms with Crippen molar-refractivity contribution in [2.45, 2.75) is 75.8 Å². The van der Waals surface area contributed by atoms with Gasteiger partial charge in [-0.05, 0) is 65.7 Å². The number of carbonyl (C=O) groups is 1. The Balaban J connectivity index is 1.49. The fourth-order valence-electron chi connectivity index (χ4n) is 4.24. The molecule has 0 atom stereocenters. The van der Waals surface area contributed by atoms with Crippen LogP contribution in [0, 0.1) is 5.41 Å². The van der Waals surface area contributed by atoms with Crippen molar-refractivity contribution >= 4 is 30.0 Å². The second-order valence-corrected chi connectivity index (χ2v) is 11.7. The minimum Gasteiger partial charge on any atom is -0.491 e. The van der Waals surface area contributed by atoms with Gasteiger partial charge < -0.3 is 24.3 Å². The van der Waals surface area contributed by atoms with Crippen LogP contribution in [0.15, 0.2) is 34.3 Å². The fourth-order valence-corrected chi connectivity index (χ4v) is 5.41. The number of amides is 1. The van der Waals surface area contributed by atoms with E-state index in [1.807, 2.05) is 63.5 Å². The van der Waals surface area contributed by atoms with Gasteiger partial charge in [-0.1, -0.05) is 0 Å². The van der Waals surface area contributed by atoms with Gasteiger partial charge >= 0.3 is 6.09 Å². The maximum Gasteiger partial charge on any atom is 0.410 e. The molecule has 1 saturated heterocycles. The Hall–Kier alpha value is -3.01. The summed E-state index contributed by atoms with van der Waals surface area (Å²) in [6.07, 6.45) is 4.61. The van der Waals surface area contributed by atoms with Crippen LogP contribution in [0.4, 0.5) is 4.79 Å². The van der Waals surface area contributed by atoms with Crippen LogP contribution in [0.1, 0.15) is 53.2 Å². The summed E-state index contributed by atoms with van der Waals surface area (Å²) in [6.45, 7) is 12.4. The maximum absolute atomic E-state index is 12.4. The van der Waals surface area contributed by atoms with E-state index in [2.05, 4.69) is 27.0 Å². The van der Waals surface area contributed by atoms with Crippen molar-refractivity contribution in [2.24, 2.45) is 4.99 Å². The zero-order valence-corrected chi connectivity index (χ0v) is 22.5. The molecule has 2 aliphatic rings. The molecule has 0 saturated carbocycles. The summed E-state index contributed by atoms with van der Waals surface area (Å²) < 4.78 is 13.6. The first-order valence-corrected chi connectivity index (χ1v) is 13.3. The second kappa shape index (κ2) is 10.9. The third-order valence-electron chi connectivity index (χ3n) is 5.82. The van der Waals surface area contributed by atoms with Crippen LogP contribution in [0.5, 0.6) is 5.75 Å². The van der Waals surface area contributed by atoms with Crippen LogP contribution in [0.25, 0.3) is 11.4 Å². The van der Waals surface area contributed by atoms with Crippen molar-refractivity contribution in [1.29, 1.82) is 5.41 Å². The summed E-state index contributed by atoms with van der Waals surface area (Å²) in [4.78, 5) is 24.4. The Bertz CT molecular complexity index is 1130. The van der Waals surface area contributed by atoms with Gasteiger partial charge in [0.2, 0.25) is 0 Å². The molecule has 2 aromatic rings. The summed E-state index contributed by atoms with van der Waals surface area (Å²) in [5.74, 6) is 2.24. The lowest BCUT2D eigenvalue weighted by Gasteiger charge is -2.33. The van der Waals surface area contributed by atoms with Gasteiger partial charge in [-0.15, -0.1) is 11.8 Å². The quantitative estimate of drug-likeness (QED) is 0.441. The van der Waals surface area contributed by atoms with E-state index in [-0.39, 0.29) is 12.1 Å². The van der Waals surface area contributed by atoms with Crippen molar-refractivity contribution in [1.82, 2.24) is 19.8 Å². The first-order valence-electron chi connectivity index (χ1n) is 12.5. The van der Waals surface area contributed by atoms with E-state index in [1.165, 1.54) is 0 Å². The number of fused-ring (bicyclic) bond motifs is 3. The number of ether oxygens (including phenoxy) is 2. The molecule has 0 bridgehead atoms. The lowest BCUT2D eigenvalue weighted by molar-refractivity contribution is 0.0219. The van der Waals surface area contributed by atoms with Gasteiger partial charge in [-0.2, -0.15) is 0 Å². The molecule has 0 radical (unpaired) electrons. The van der Waals surface area contributed by atoms with E-state index in [0.29, 0.717) is 43.0 Å². The van der Waals surface area contributed by atoms with Crippen LogP contribution in [0.3, 0.4) is 0 Å². The van der Waals surface area contributed by atoms with E-state index in [1.54, 1.807) is 0 Å². The van der Waals surface area contributed by atoms with Crippen molar-refractivity contribution in [3.8, 4) is 17.1 Å². The zero-order chi connectivity index (χ0) is 25.9. The summed E-state index contributed by atoms with van der Waals surface area (Å²) in [5.41, 5.74) is 1.19. The smallest absolute Gasteiger partial charge is 0.410 e. The Morgan fingerprint density at radius 1 is 1.31 bits per heavy atom. The molecule has 2 aliphatic heterocycles. The van der Waals surface area contributed by atoms with Crippen molar-refractivity contribution in [3.05, 3.63) is 30.1 Å². The van der Waals surface area contributed by atoms with E-state index in [0.717, 1.165) is 41.2 Å². The number of aliphatic imine (C=N–C) groups is 1. The van der Waals surface area contributed by atoms with E-state index in [4.69, 9.17) is 19.9 Å². The highest BCUT2D eigenvalue weighted by Crippen LogP contribution is 2.38. The number of amidine groups is 1. The number of nitrogens with zero attached hydrogens (tertiary/aromatic N) is 4. The highest BCUT2D eigenvalue weighted by molar-refractivity contribution is 8.00. The van der Waals surface area contributed by atoms with Crippen molar-refractivity contribution in [3.63, 3.8) is 0 Å². The molecular formula is C26H36N6O3S. The molecule has 2 N–H and O–H groups in total. The Kier molecular flexibility index (Phi) is 7.92. The van der Waals surface area contributed by atoms with Crippen LogP contribution in [-0.4, -0.2) is 69.3 Å². The summed E-state index contributed by atoms with van der Waals surface area (Å²) in [6, 6.07) is 6.45. The minimum atomic E-state index is -0.477. The molecule has 194 valence electrons. The highest BCUT2D eigenvalue weighted by atomic mass is 32.2. The predicted octanol–water partition coefficient (Wildman–Crippen LogP) is 4.79. The number of aromatic nitrogens is 2. The minimum absolute atomic E-state index is 0.172. The number of imidazole rings is 1. The third-order valence-corrected chi connectivity index (χ3v) is 7.15. The number of benzene rings is 1. The lowest BCUT2D eigenvalue weighted by atomic mass is 10.1. The fraction of sp³-hybridized carbons (Fsp3) is 0.538. The van der Waals surface area contributed by atoms with Crippen LogP contribution >= 0.6 is 11.8 Å². The number of nitrogens with one attached hydrogen (secondary N) is 2. The number of likely N-dealkylation sites (tertiary alicyclic amines) is 1. The highest BCUT2D eigenvalue weighted by Gasteiger charge is 2.28. The molecular weight excluding hydrogens is 476 g/mol. The van der Waals surface area contributed by atoms with Crippen LogP contribution in [0.2, 0.25) is 0 Å². The molecule has 9 nitrogen and oxygen atoms in total. The van der Waals surface area contributed by atoms with Gasteiger partial charge in [-0.3, -0.25) is 5.41 Å². The number of thioether (sulfide) groups is 1. The van der Waals surface area contributed by atoms with E-state index >= 15 is 0 Å². The third kappa shape index (κ3) is 6.40. The van der Waals surface area contributed by atoms with E-state index in [9.17, 15) is 4.79 Å². The molecule has 1 aromatic carbocycles. The summed E-state index contributed by atoms with van der Waals surface area (Å²) in [7, 11) is 0. The molecule has 0 aliphatic carbocycles. The van der Waals surface area contributed by atoms with Gasteiger partial charge in [0, 0.05) is 35.5 Å². The molecule has 10 heteroatoms. The lowest BCUT2D eigenvalue weighted by Crippen LogP contribution is -2.42. The molecule has 0 spiro atoms.